The van der Waals surface area contributed by atoms with Gasteiger partial charge in [0.05, 0.1) is 31.4 Å². The molecule has 0 aliphatic carbocycles. The van der Waals surface area contributed by atoms with Crippen LogP contribution in [-0.2, 0) is 0 Å². The standard InChI is InChI=1S/C13H17N3O2/c1-10(2)16(8-4-6-14)13(17)11-5-7-15-9-12(11)18-3/h5,7,9-10H,4,8H2,1-3H3. The van der Waals surface area contributed by atoms with Crippen molar-refractivity contribution in [2.24, 2.45) is 0 Å². The Morgan fingerprint density at radius 3 is 2.89 bits per heavy atom. The van der Waals surface area contributed by atoms with Crippen molar-refractivity contribution < 1.29 is 9.53 Å². The molecule has 0 saturated heterocycles. The Balaban J connectivity index is 2.99. The minimum absolute atomic E-state index is 0.0312. The number of ether oxygens (including phenoxy) is 1. The quantitative estimate of drug-likeness (QED) is 0.796. The van der Waals surface area contributed by atoms with Crippen LogP contribution in [0, 0.1) is 11.3 Å². The van der Waals surface area contributed by atoms with Crippen molar-refractivity contribution in [2.75, 3.05) is 13.7 Å². The fourth-order valence-corrected chi connectivity index (χ4v) is 1.64. The number of aromatic nitrogens is 1. The first-order valence-electron chi connectivity index (χ1n) is 5.77. The van der Waals surface area contributed by atoms with Gasteiger partial charge < -0.3 is 9.64 Å². The largest absolute Gasteiger partial charge is 0.494 e. The molecule has 0 aliphatic rings. The van der Waals surface area contributed by atoms with Crippen LogP contribution in [-0.4, -0.2) is 35.5 Å². The number of nitrogens with zero attached hydrogens (tertiary/aromatic N) is 3. The molecule has 0 radical (unpaired) electrons. The Kier molecular flexibility index (Phi) is 5.12. The zero-order valence-electron chi connectivity index (χ0n) is 10.9. The molecule has 1 amide bonds. The van der Waals surface area contributed by atoms with E-state index in [2.05, 4.69) is 11.1 Å². The first-order chi connectivity index (χ1) is 8.61. The number of hydrogen-bond donors (Lipinski definition) is 0. The van der Waals surface area contributed by atoms with Crippen molar-refractivity contribution in [1.29, 1.82) is 5.26 Å². The molecule has 0 aliphatic heterocycles. The summed E-state index contributed by atoms with van der Waals surface area (Å²) in [6.45, 7) is 4.25. The Morgan fingerprint density at radius 2 is 2.33 bits per heavy atom. The highest BCUT2D eigenvalue weighted by molar-refractivity contribution is 5.96. The third-order valence-electron chi connectivity index (χ3n) is 2.58. The molecule has 0 fully saturated rings. The lowest BCUT2D eigenvalue weighted by molar-refractivity contribution is 0.0706. The van der Waals surface area contributed by atoms with E-state index in [1.165, 1.54) is 13.3 Å². The summed E-state index contributed by atoms with van der Waals surface area (Å²) in [5.41, 5.74) is 0.471. The van der Waals surface area contributed by atoms with Crippen molar-refractivity contribution in [2.45, 2.75) is 26.3 Å². The molecule has 5 heteroatoms. The molecule has 0 saturated carbocycles. The number of carbonyl (C=O) groups is 1. The van der Waals surface area contributed by atoms with Gasteiger partial charge >= 0.3 is 0 Å². The molecule has 1 aromatic heterocycles. The summed E-state index contributed by atoms with van der Waals surface area (Å²) in [7, 11) is 1.50. The minimum atomic E-state index is -0.139. The Labute approximate surface area is 107 Å². The number of rotatable bonds is 5. The molecule has 1 heterocycles. The van der Waals surface area contributed by atoms with Crippen LogP contribution in [0.3, 0.4) is 0 Å². The van der Waals surface area contributed by atoms with Crippen LogP contribution in [0.4, 0.5) is 0 Å². The van der Waals surface area contributed by atoms with E-state index < -0.39 is 0 Å². The molecule has 0 aromatic carbocycles. The fourth-order valence-electron chi connectivity index (χ4n) is 1.64. The lowest BCUT2D eigenvalue weighted by atomic mass is 10.2. The Morgan fingerprint density at radius 1 is 1.61 bits per heavy atom. The van der Waals surface area contributed by atoms with Gasteiger partial charge in [-0.2, -0.15) is 5.26 Å². The third kappa shape index (κ3) is 3.20. The zero-order valence-corrected chi connectivity index (χ0v) is 10.9. The lowest BCUT2D eigenvalue weighted by Gasteiger charge is -2.26. The van der Waals surface area contributed by atoms with Crippen LogP contribution < -0.4 is 4.74 Å². The van der Waals surface area contributed by atoms with E-state index in [1.807, 2.05) is 13.8 Å². The van der Waals surface area contributed by atoms with Gasteiger partial charge in [0.15, 0.2) is 0 Å². The molecule has 0 bridgehead atoms. The highest BCUT2D eigenvalue weighted by Crippen LogP contribution is 2.19. The summed E-state index contributed by atoms with van der Waals surface area (Å²) < 4.78 is 5.13. The molecule has 0 unspecified atom stereocenters. The normalized spacial score (nSPS) is 9.94. The second-order valence-corrected chi connectivity index (χ2v) is 4.08. The number of pyridine rings is 1. The van der Waals surface area contributed by atoms with E-state index in [0.29, 0.717) is 24.3 Å². The van der Waals surface area contributed by atoms with E-state index >= 15 is 0 Å². The molecular formula is C13H17N3O2. The van der Waals surface area contributed by atoms with Crippen LogP contribution in [0.25, 0.3) is 0 Å². The number of hydrogen-bond acceptors (Lipinski definition) is 4. The van der Waals surface area contributed by atoms with Crippen LogP contribution in [0.2, 0.25) is 0 Å². The first kappa shape index (κ1) is 14.0. The van der Waals surface area contributed by atoms with E-state index in [0.717, 1.165) is 0 Å². The van der Waals surface area contributed by atoms with E-state index in [1.54, 1.807) is 17.2 Å². The van der Waals surface area contributed by atoms with Crippen LogP contribution >= 0.6 is 0 Å². The number of amides is 1. The van der Waals surface area contributed by atoms with Crippen LogP contribution in [0.1, 0.15) is 30.6 Å². The van der Waals surface area contributed by atoms with Crippen molar-refractivity contribution in [3.63, 3.8) is 0 Å². The summed E-state index contributed by atoms with van der Waals surface area (Å²) >= 11 is 0. The smallest absolute Gasteiger partial charge is 0.257 e. The second kappa shape index (κ2) is 6.60. The van der Waals surface area contributed by atoms with Gasteiger partial charge in [-0.15, -0.1) is 0 Å². The van der Waals surface area contributed by atoms with Gasteiger partial charge in [0, 0.05) is 18.8 Å². The average Bonchev–Trinajstić information content (AvgIpc) is 2.38. The summed E-state index contributed by atoms with van der Waals surface area (Å²) in [5, 5.41) is 8.63. The number of methoxy groups -OCH3 is 1. The van der Waals surface area contributed by atoms with Crippen molar-refractivity contribution in [3.8, 4) is 11.8 Å². The lowest BCUT2D eigenvalue weighted by Crippen LogP contribution is -2.37. The predicted octanol–water partition coefficient (Wildman–Crippen LogP) is 1.85. The van der Waals surface area contributed by atoms with Gasteiger partial charge in [-0.25, -0.2) is 0 Å². The molecule has 0 spiro atoms. The Hall–Kier alpha value is -2.09. The maximum Gasteiger partial charge on any atom is 0.257 e. The molecule has 0 N–H and O–H groups in total. The monoisotopic (exact) mass is 247 g/mol. The van der Waals surface area contributed by atoms with Gasteiger partial charge in [0.25, 0.3) is 5.91 Å². The number of carbonyl (C=O) groups excluding carboxylic acids is 1. The van der Waals surface area contributed by atoms with Gasteiger partial charge in [0.2, 0.25) is 0 Å². The van der Waals surface area contributed by atoms with Crippen molar-refractivity contribution >= 4 is 5.91 Å². The van der Waals surface area contributed by atoms with E-state index in [4.69, 9.17) is 10.00 Å². The van der Waals surface area contributed by atoms with Gasteiger partial charge in [-0.05, 0) is 19.9 Å². The summed E-state index contributed by atoms with van der Waals surface area (Å²) in [6.07, 6.45) is 3.38. The van der Waals surface area contributed by atoms with Gasteiger partial charge in [0.1, 0.15) is 5.75 Å². The van der Waals surface area contributed by atoms with Gasteiger partial charge in [-0.1, -0.05) is 0 Å². The van der Waals surface area contributed by atoms with E-state index in [9.17, 15) is 4.79 Å². The SMILES string of the molecule is COc1cnccc1C(=O)N(CCC#N)C(C)C. The molecule has 1 aromatic rings. The maximum atomic E-state index is 12.4. The Bertz CT molecular complexity index is 452. The third-order valence-corrected chi connectivity index (χ3v) is 2.58. The summed E-state index contributed by atoms with van der Waals surface area (Å²) in [6, 6.07) is 3.71. The highest BCUT2D eigenvalue weighted by atomic mass is 16.5. The van der Waals surface area contributed by atoms with Crippen LogP contribution in [0.5, 0.6) is 5.75 Å². The fraction of sp³-hybridized carbons (Fsp3) is 0.462. The molecule has 0 atom stereocenters. The highest BCUT2D eigenvalue weighted by Gasteiger charge is 2.21. The number of nitriles is 1. The van der Waals surface area contributed by atoms with Gasteiger partial charge in [-0.3, -0.25) is 9.78 Å². The first-order valence-corrected chi connectivity index (χ1v) is 5.77. The molecule has 96 valence electrons. The van der Waals surface area contributed by atoms with E-state index in [-0.39, 0.29) is 11.9 Å². The molecule has 18 heavy (non-hydrogen) atoms. The summed E-state index contributed by atoms with van der Waals surface area (Å²) in [4.78, 5) is 18.0. The minimum Gasteiger partial charge on any atom is -0.494 e. The topological polar surface area (TPSA) is 66.2 Å². The predicted molar refractivity (Wildman–Crippen MR) is 67.2 cm³/mol. The van der Waals surface area contributed by atoms with Crippen molar-refractivity contribution in [1.82, 2.24) is 9.88 Å². The molecule has 5 nitrogen and oxygen atoms in total. The summed E-state index contributed by atoms with van der Waals surface area (Å²) in [5.74, 6) is 0.310. The van der Waals surface area contributed by atoms with Crippen LogP contribution in [0.15, 0.2) is 18.5 Å². The van der Waals surface area contributed by atoms with Crippen molar-refractivity contribution in [3.05, 3.63) is 24.0 Å². The zero-order chi connectivity index (χ0) is 13.5. The molecule has 1 rings (SSSR count). The average molecular weight is 247 g/mol. The maximum absolute atomic E-state index is 12.4. The molecular weight excluding hydrogens is 230 g/mol. The second-order valence-electron chi connectivity index (χ2n) is 4.08.